The number of benzene rings is 2. The first-order valence-electron chi connectivity index (χ1n) is 9.68. The van der Waals surface area contributed by atoms with Gasteiger partial charge in [-0.1, -0.05) is 71.9 Å². The van der Waals surface area contributed by atoms with Crippen molar-refractivity contribution in [2.24, 2.45) is 0 Å². The number of thioether (sulfide) groups is 1. The molecule has 0 bridgehead atoms. The van der Waals surface area contributed by atoms with Gasteiger partial charge < -0.3 is 4.57 Å². The summed E-state index contributed by atoms with van der Waals surface area (Å²) < 4.78 is 25.9. The normalized spacial score (nSPS) is 18.9. The van der Waals surface area contributed by atoms with Gasteiger partial charge in [0.25, 0.3) is 0 Å². The molecule has 2 heterocycles. The van der Waals surface area contributed by atoms with E-state index < -0.39 is 9.84 Å². The van der Waals surface area contributed by atoms with Crippen LogP contribution in [0.25, 0.3) is 0 Å². The molecular formula is C22H22ClN3O2S2. The molecule has 0 N–H and O–H groups in total. The Morgan fingerprint density at radius 3 is 2.47 bits per heavy atom. The molecule has 0 saturated carbocycles. The van der Waals surface area contributed by atoms with Gasteiger partial charge in [0.2, 0.25) is 0 Å². The summed E-state index contributed by atoms with van der Waals surface area (Å²) in [5.41, 5.74) is 2.25. The van der Waals surface area contributed by atoms with Crippen LogP contribution in [-0.4, -0.2) is 34.7 Å². The second-order valence-corrected chi connectivity index (χ2v) is 11.0. The van der Waals surface area contributed by atoms with Gasteiger partial charge in [0, 0.05) is 17.5 Å². The fourth-order valence-electron chi connectivity index (χ4n) is 3.69. The fraction of sp³-hybridized carbons (Fsp3) is 0.273. The van der Waals surface area contributed by atoms with Crippen LogP contribution in [0.2, 0.25) is 5.02 Å². The zero-order valence-electron chi connectivity index (χ0n) is 16.3. The molecule has 4 rings (SSSR count). The largest absolute Gasteiger partial charge is 0.302 e. The number of nitrogens with zero attached hydrogens (tertiary/aromatic N) is 3. The molecule has 30 heavy (non-hydrogen) atoms. The topological polar surface area (TPSA) is 64.8 Å². The minimum Gasteiger partial charge on any atom is -0.302 e. The molecule has 1 aliphatic heterocycles. The standard InChI is InChI=1S/C22H22ClN3O2S2/c1-2-13-26-21(18-12-14-30(27,28)15-18)24-25-22(26)29-20(16-6-4-3-5-7-16)17-8-10-19(23)11-9-17/h2-11,18,20H,1,12-15H2/t18-,20+/m1/s1. The Morgan fingerprint density at radius 2 is 1.83 bits per heavy atom. The summed E-state index contributed by atoms with van der Waals surface area (Å²) in [6.45, 7) is 4.39. The average molecular weight is 460 g/mol. The highest BCUT2D eigenvalue weighted by Gasteiger charge is 2.33. The first-order chi connectivity index (χ1) is 14.5. The second kappa shape index (κ2) is 8.96. The Morgan fingerprint density at radius 1 is 1.13 bits per heavy atom. The fourth-order valence-corrected chi connectivity index (χ4v) is 6.73. The Hall–Kier alpha value is -2.09. The molecule has 1 aliphatic rings. The van der Waals surface area contributed by atoms with Crippen molar-refractivity contribution in [1.82, 2.24) is 14.8 Å². The van der Waals surface area contributed by atoms with Crippen LogP contribution in [0.5, 0.6) is 0 Å². The monoisotopic (exact) mass is 459 g/mol. The maximum atomic E-state index is 12.0. The molecule has 156 valence electrons. The smallest absolute Gasteiger partial charge is 0.192 e. The summed E-state index contributed by atoms with van der Waals surface area (Å²) >= 11 is 7.69. The van der Waals surface area contributed by atoms with Gasteiger partial charge in [-0.05, 0) is 29.7 Å². The van der Waals surface area contributed by atoms with Crippen LogP contribution >= 0.6 is 23.4 Å². The number of sulfone groups is 1. The molecule has 0 aliphatic carbocycles. The third-order valence-corrected chi connectivity index (χ3v) is 8.47. The number of halogens is 1. The van der Waals surface area contributed by atoms with E-state index in [0.717, 1.165) is 22.1 Å². The highest BCUT2D eigenvalue weighted by atomic mass is 35.5. The van der Waals surface area contributed by atoms with Crippen molar-refractivity contribution in [3.63, 3.8) is 0 Å². The molecule has 8 heteroatoms. The first kappa shape index (κ1) is 21.2. The van der Waals surface area contributed by atoms with Crippen molar-refractivity contribution < 1.29 is 8.42 Å². The summed E-state index contributed by atoms with van der Waals surface area (Å²) in [6.07, 6.45) is 2.38. The van der Waals surface area contributed by atoms with E-state index in [-0.39, 0.29) is 22.7 Å². The minimum absolute atomic E-state index is 0.00334. The molecule has 1 fully saturated rings. The SMILES string of the molecule is C=CCn1c(S[C@@H](c2ccccc2)c2ccc(Cl)cc2)nnc1[C@@H]1CCS(=O)(=O)C1. The highest BCUT2D eigenvalue weighted by Crippen LogP contribution is 2.41. The zero-order valence-corrected chi connectivity index (χ0v) is 18.7. The van der Waals surface area contributed by atoms with Gasteiger partial charge in [-0.25, -0.2) is 8.42 Å². The molecule has 0 unspecified atom stereocenters. The molecule has 2 aromatic carbocycles. The number of hydrogen-bond acceptors (Lipinski definition) is 5. The maximum absolute atomic E-state index is 12.0. The van der Waals surface area contributed by atoms with E-state index in [9.17, 15) is 8.42 Å². The molecule has 0 radical (unpaired) electrons. The Bertz CT molecular complexity index is 1130. The van der Waals surface area contributed by atoms with Crippen molar-refractivity contribution in [2.75, 3.05) is 11.5 Å². The second-order valence-electron chi connectivity index (χ2n) is 7.30. The van der Waals surface area contributed by atoms with Gasteiger partial charge in [0.15, 0.2) is 15.0 Å². The summed E-state index contributed by atoms with van der Waals surface area (Å²) in [5.74, 6) is 0.939. The van der Waals surface area contributed by atoms with E-state index in [0.29, 0.717) is 18.0 Å². The van der Waals surface area contributed by atoms with Gasteiger partial charge in [-0.2, -0.15) is 0 Å². The lowest BCUT2D eigenvalue weighted by Gasteiger charge is -2.18. The summed E-state index contributed by atoms with van der Waals surface area (Å²) in [5, 5.41) is 10.3. The van der Waals surface area contributed by atoms with Crippen LogP contribution < -0.4 is 0 Å². The van der Waals surface area contributed by atoms with Crippen molar-refractivity contribution in [2.45, 2.75) is 29.3 Å². The zero-order chi connectivity index (χ0) is 21.1. The minimum atomic E-state index is -3.01. The van der Waals surface area contributed by atoms with Crippen LogP contribution in [0.15, 0.2) is 72.4 Å². The Labute approximate surface area is 186 Å². The summed E-state index contributed by atoms with van der Waals surface area (Å²) in [4.78, 5) is 0. The Kier molecular flexibility index (Phi) is 6.32. The van der Waals surface area contributed by atoms with Crippen LogP contribution in [0.3, 0.4) is 0 Å². The molecule has 5 nitrogen and oxygen atoms in total. The van der Waals surface area contributed by atoms with E-state index >= 15 is 0 Å². The maximum Gasteiger partial charge on any atom is 0.192 e. The molecule has 1 aromatic heterocycles. The number of rotatable bonds is 7. The third kappa shape index (κ3) is 4.63. The van der Waals surface area contributed by atoms with Crippen LogP contribution in [-0.2, 0) is 16.4 Å². The lowest BCUT2D eigenvalue weighted by molar-refractivity contribution is 0.597. The predicted octanol–water partition coefficient (Wildman–Crippen LogP) is 4.90. The van der Waals surface area contributed by atoms with Crippen LogP contribution in [0.1, 0.15) is 34.5 Å². The third-order valence-electron chi connectivity index (χ3n) is 5.15. The van der Waals surface area contributed by atoms with Gasteiger partial charge in [-0.3, -0.25) is 0 Å². The predicted molar refractivity (Wildman–Crippen MR) is 122 cm³/mol. The number of aromatic nitrogens is 3. The number of hydrogen-bond donors (Lipinski definition) is 0. The van der Waals surface area contributed by atoms with Gasteiger partial charge >= 0.3 is 0 Å². The van der Waals surface area contributed by atoms with Crippen molar-refractivity contribution in [3.8, 4) is 0 Å². The lowest BCUT2D eigenvalue weighted by atomic mass is 10.0. The van der Waals surface area contributed by atoms with Gasteiger partial charge in [-0.15, -0.1) is 16.8 Å². The quantitative estimate of drug-likeness (QED) is 0.371. The van der Waals surface area contributed by atoms with Crippen LogP contribution in [0.4, 0.5) is 0 Å². The molecule has 1 saturated heterocycles. The van der Waals surface area contributed by atoms with E-state index in [2.05, 4.69) is 28.9 Å². The molecule has 2 atom stereocenters. The van der Waals surface area contributed by atoms with Gasteiger partial charge in [0.05, 0.1) is 16.8 Å². The van der Waals surface area contributed by atoms with Crippen molar-refractivity contribution >= 4 is 33.2 Å². The average Bonchev–Trinajstić information content (AvgIpc) is 3.30. The van der Waals surface area contributed by atoms with Crippen molar-refractivity contribution in [3.05, 3.63) is 89.2 Å². The molecule has 0 amide bonds. The first-order valence-corrected chi connectivity index (χ1v) is 12.8. The molecule has 3 aromatic rings. The molecule has 0 spiro atoms. The number of allylic oxidation sites excluding steroid dienone is 1. The van der Waals surface area contributed by atoms with E-state index in [1.165, 1.54) is 0 Å². The van der Waals surface area contributed by atoms with Crippen LogP contribution in [0, 0.1) is 0 Å². The van der Waals surface area contributed by atoms with E-state index in [1.807, 2.05) is 47.0 Å². The summed E-state index contributed by atoms with van der Waals surface area (Å²) in [7, 11) is -3.01. The van der Waals surface area contributed by atoms with Crippen molar-refractivity contribution in [1.29, 1.82) is 0 Å². The summed E-state index contributed by atoms with van der Waals surface area (Å²) in [6, 6.07) is 18.0. The van der Waals surface area contributed by atoms with E-state index in [1.54, 1.807) is 17.8 Å². The Balaban J connectivity index is 1.71. The van der Waals surface area contributed by atoms with E-state index in [4.69, 9.17) is 11.6 Å². The van der Waals surface area contributed by atoms with Gasteiger partial charge in [0.1, 0.15) is 5.82 Å². The highest BCUT2D eigenvalue weighted by molar-refractivity contribution is 7.99. The lowest BCUT2D eigenvalue weighted by Crippen LogP contribution is -2.11. The molecular weight excluding hydrogens is 438 g/mol.